The minimum absolute atomic E-state index is 0.466. The highest BCUT2D eigenvalue weighted by Crippen LogP contribution is 2.30. The third kappa shape index (κ3) is 2.48. The zero-order valence-corrected chi connectivity index (χ0v) is 12.5. The lowest BCUT2D eigenvalue weighted by atomic mass is 9.96. The van der Waals surface area contributed by atoms with Gasteiger partial charge in [-0.15, -0.1) is 0 Å². The first-order valence-corrected chi connectivity index (χ1v) is 7.94. The van der Waals surface area contributed by atoms with Gasteiger partial charge in [0, 0.05) is 16.9 Å². The zero-order chi connectivity index (χ0) is 14.8. The van der Waals surface area contributed by atoms with Gasteiger partial charge in [0.15, 0.2) is 0 Å². The molecule has 1 aliphatic heterocycles. The van der Waals surface area contributed by atoms with Crippen molar-refractivity contribution in [2.75, 3.05) is 13.1 Å². The van der Waals surface area contributed by atoms with Gasteiger partial charge in [0.25, 0.3) is 0 Å². The average Bonchev–Trinajstić information content (AvgIpc) is 2.62. The molecule has 1 saturated heterocycles. The molecule has 2 heterocycles. The molecule has 3 heteroatoms. The molecule has 0 bridgehead atoms. The number of rotatable bonds is 2. The number of para-hydroxylation sites is 1. The lowest BCUT2D eigenvalue weighted by molar-refractivity contribution is 0.446. The smallest absolute Gasteiger partial charge is 0.132 e. The van der Waals surface area contributed by atoms with Crippen LogP contribution in [0, 0.1) is 0 Å². The molecule has 1 aliphatic rings. The fraction of sp³-hybridized carbons (Fsp3) is 0.263. The summed E-state index contributed by atoms with van der Waals surface area (Å²) >= 11 is 0. The topological polar surface area (TPSA) is 37.8 Å². The van der Waals surface area contributed by atoms with Crippen molar-refractivity contribution in [2.24, 2.45) is 0 Å². The van der Waals surface area contributed by atoms with Crippen LogP contribution in [0.1, 0.15) is 24.6 Å². The maximum Gasteiger partial charge on any atom is 0.132 e. The van der Waals surface area contributed by atoms with E-state index in [4.69, 9.17) is 9.97 Å². The van der Waals surface area contributed by atoms with Crippen LogP contribution in [-0.2, 0) is 0 Å². The van der Waals surface area contributed by atoms with Crippen LogP contribution in [0.3, 0.4) is 0 Å². The third-order valence-corrected chi connectivity index (χ3v) is 4.37. The van der Waals surface area contributed by atoms with E-state index in [1.165, 1.54) is 0 Å². The van der Waals surface area contributed by atoms with Crippen LogP contribution in [0.4, 0.5) is 0 Å². The van der Waals surface area contributed by atoms with Crippen molar-refractivity contribution >= 4 is 10.9 Å². The summed E-state index contributed by atoms with van der Waals surface area (Å²) in [5.74, 6) is 1.47. The van der Waals surface area contributed by atoms with E-state index in [1.807, 2.05) is 6.07 Å². The molecular weight excluding hydrogens is 270 g/mol. The van der Waals surface area contributed by atoms with E-state index in [9.17, 15) is 0 Å². The molecule has 0 spiro atoms. The second-order valence-corrected chi connectivity index (χ2v) is 5.84. The Morgan fingerprint density at radius 2 is 1.55 bits per heavy atom. The Morgan fingerprint density at radius 1 is 0.818 bits per heavy atom. The van der Waals surface area contributed by atoms with E-state index in [0.29, 0.717) is 5.92 Å². The number of piperidine rings is 1. The Balaban J connectivity index is 1.89. The number of fused-ring (bicyclic) bond motifs is 1. The molecule has 0 saturated carbocycles. The van der Waals surface area contributed by atoms with Crippen LogP contribution < -0.4 is 5.32 Å². The largest absolute Gasteiger partial charge is 0.317 e. The monoisotopic (exact) mass is 289 g/mol. The third-order valence-electron chi connectivity index (χ3n) is 4.37. The van der Waals surface area contributed by atoms with Gasteiger partial charge in [-0.25, -0.2) is 9.97 Å². The molecular formula is C19H19N3. The fourth-order valence-corrected chi connectivity index (χ4v) is 3.17. The summed E-state index contributed by atoms with van der Waals surface area (Å²) in [6.07, 6.45) is 2.24. The second-order valence-electron chi connectivity index (χ2n) is 5.84. The minimum atomic E-state index is 0.466. The maximum atomic E-state index is 4.96. The highest BCUT2D eigenvalue weighted by molar-refractivity contribution is 5.92. The summed E-state index contributed by atoms with van der Waals surface area (Å²) in [7, 11) is 0. The highest BCUT2D eigenvalue weighted by Gasteiger charge is 2.20. The van der Waals surface area contributed by atoms with E-state index in [1.54, 1.807) is 0 Å². The SMILES string of the molecule is c1ccc(-c2nc(C3CCNCC3)nc3ccccc23)cc1. The number of nitrogens with one attached hydrogen (secondary N) is 1. The Bertz CT molecular complexity index is 777. The van der Waals surface area contributed by atoms with Gasteiger partial charge in [-0.1, -0.05) is 48.5 Å². The van der Waals surface area contributed by atoms with Gasteiger partial charge in [0.05, 0.1) is 11.2 Å². The fourth-order valence-electron chi connectivity index (χ4n) is 3.17. The number of benzene rings is 2. The Hall–Kier alpha value is -2.26. The lowest BCUT2D eigenvalue weighted by Gasteiger charge is -2.22. The molecule has 1 N–H and O–H groups in total. The molecule has 3 nitrogen and oxygen atoms in total. The molecule has 0 radical (unpaired) electrons. The van der Waals surface area contributed by atoms with Gasteiger partial charge in [-0.3, -0.25) is 0 Å². The Kier molecular flexibility index (Phi) is 3.57. The summed E-state index contributed by atoms with van der Waals surface area (Å²) in [5.41, 5.74) is 3.26. The van der Waals surface area contributed by atoms with Gasteiger partial charge in [-0.05, 0) is 32.0 Å². The predicted molar refractivity (Wildman–Crippen MR) is 89.8 cm³/mol. The molecule has 1 aromatic heterocycles. The number of nitrogens with zero attached hydrogens (tertiary/aromatic N) is 2. The quantitative estimate of drug-likeness (QED) is 0.780. The van der Waals surface area contributed by atoms with Gasteiger partial charge < -0.3 is 5.32 Å². The summed E-state index contributed by atoms with van der Waals surface area (Å²) in [4.78, 5) is 9.80. The normalized spacial score (nSPS) is 16.0. The molecule has 1 fully saturated rings. The summed E-state index contributed by atoms with van der Waals surface area (Å²) in [6.45, 7) is 2.11. The molecule has 110 valence electrons. The van der Waals surface area contributed by atoms with Crippen molar-refractivity contribution in [1.29, 1.82) is 0 Å². The predicted octanol–water partition coefficient (Wildman–Crippen LogP) is 3.76. The summed E-state index contributed by atoms with van der Waals surface area (Å²) in [6, 6.07) is 18.7. The summed E-state index contributed by atoms with van der Waals surface area (Å²) in [5, 5.41) is 4.54. The number of aromatic nitrogens is 2. The molecule has 0 atom stereocenters. The van der Waals surface area contributed by atoms with Crippen molar-refractivity contribution in [3.05, 3.63) is 60.4 Å². The van der Waals surface area contributed by atoms with Crippen molar-refractivity contribution in [3.8, 4) is 11.3 Å². The highest BCUT2D eigenvalue weighted by atomic mass is 14.9. The molecule has 0 amide bonds. The van der Waals surface area contributed by atoms with Crippen LogP contribution in [0.15, 0.2) is 54.6 Å². The second kappa shape index (κ2) is 5.85. The Labute approximate surface area is 130 Å². The molecule has 4 rings (SSSR count). The van der Waals surface area contributed by atoms with E-state index < -0.39 is 0 Å². The first kappa shape index (κ1) is 13.4. The van der Waals surface area contributed by atoms with Gasteiger partial charge in [-0.2, -0.15) is 0 Å². The van der Waals surface area contributed by atoms with Crippen LogP contribution in [-0.4, -0.2) is 23.1 Å². The molecule has 0 unspecified atom stereocenters. The van der Waals surface area contributed by atoms with Gasteiger partial charge >= 0.3 is 0 Å². The van der Waals surface area contributed by atoms with Gasteiger partial charge in [0.1, 0.15) is 5.82 Å². The van der Waals surface area contributed by atoms with Crippen LogP contribution >= 0.6 is 0 Å². The number of hydrogen-bond acceptors (Lipinski definition) is 3. The van der Waals surface area contributed by atoms with Crippen molar-refractivity contribution in [2.45, 2.75) is 18.8 Å². The van der Waals surface area contributed by atoms with E-state index in [2.05, 4.69) is 53.8 Å². The van der Waals surface area contributed by atoms with Gasteiger partial charge in [0.2, 0.25) is 0 Å². The zero-order valence-electron chi connectivity index (χ0n) is 12.5. The van der Waals surface area contributed by atoms with E-state index in [-0.39, 0.29) is 0 Å². The van der Waals surface area contributed by atoms with Crippen molar-refractivity contribution in [1.82, 2.24) is 15.3 Å². The standard InChI is InChI=1S/C19H19N3/c1-2-6-14(7-3-1)18-16-8-4-5-9-17(16)21-19(22-18)15-10-12-20-13-11-15/h1-9,15,20H,10-13H2. The molecule has 22 heavy (non-hydrogen) atoms. The molecule has 3 aromatic rings. The van der Waals surface area contributed by atoms with Crippen molar-refractivity contribution in [3.63, 3.8) is 0 Å². The summed E-state index contributed by atoms with van der Waals surface area (Å²) < 4.78 is 0. The number of hydrogen-bond donors (Lipinski definition) is 1. The van der Waals surface area contributed by atoms with E-state index >= 15 is 0 Å². The van der Waals surface area contributed by atoms with E-state index in [0.717, 1.165) is 53.9 Å². The maximum absolute atomic E-state index is 4.96. The first-order valence-electron chi connectivity index (χ1n) is 7.94. The van der Waals surface area contributed by atoms with Crippen LogP contribution in [0.2, 0.25) is 0 Å². The molecule has 2 aromatic carbocycles. The van der Waals surface area contributed by atoms with Crippen molar-refractivity contribution < 1.29 is 0 Å². The van der Waals surface area contributed by atoms with Crippen LogP contribution in [0.5, 0.6) is 0 Å². The Morgan fingerprint density at radius 3 is 2.36 bits per heavy atom. The molecule has 0 aliphatic carbocycles. The minimum Gasteiger partial charge on any atom is -0.317 e. The average molecular weight is 289 g/mol. The first-order chi connectivity index (χ1) is 10.9. The lowest BCUT2D eigenvalue weighted by Crippen LogP contribution is -2.27. The van der Waals surface area contributed by atoms with Crippen LogP contribution in [0.25, 0.3) is 22.2 Å².